The average Bonchev–Trinajstić information content (AvgIpc) is 3.23. The number of aromatic nitrogens is 3. The van der Waals surface area contributed by atoms with Gasteiger partial charge in [-0.15, -0.1) is 10.2 Å². The third kappa shape index (κ3) is 6.35. The van der Waals surface area contributed by atoms with Crippen LogP contribution in [0, 0.1) is 0 Å². The summed E-state index contributed by atoms with van der Waals surface area (Å²) in [6.07, 6.45) is 3.26. The van der Waals surface area contributed by atoms with E-state index < -0.39 is 6.10 Å². The third-order valence-corrected chi connectivity index (χ3v) is 5.76. The molecule has 1 unspecified atom stereocenters. The minimum atomic E-state index is -0.687. The molecule has 0 amide bonds. The van der Waals surface area contributed by atoms with E-state index in [1.54, 1.807) is 14.2 Å². The number of hydrogen-bond donors (Lipinski definition) is 1. The predicted molar refractivity (Wildman–Crippen MR) is 127 cm³/mol. The van der Waals surface area contributed by atoms with Gasteiger partial charge in [0.2, 0.25) is 0 Å². The Labute approximate surface area is 193 Å². The fourth-order valence-corrected chi connectivity index (χ4v) is 3.95. The summed E-state index contributed by atoms with van der Waals surface area (Å²) in [4.78, 5) is 0. The zero-order valence-electron chi connectivity index (χ0n) is 18.6. The van der Waals surface area contributed by atoms with Gasteiger partial charge in [0.1, 0.15) is 6.61 Å². The third-order valence-electron chi connectivity index (χ3n) is 4.65. The number of hydrogen-bond acceptors (Lipinski definition) is 7. The molecular weight excluding hydrogens is 426 g/mol. The van der Waals surface area contributed by atoms with Crippen molar-refractivity contribution in [2.75, 3.05) is 33.2 Å². The molecule has 0 aliphatic carbocycles. The van der Waals surface area contributed by atoms with E-state index in [-0.39, 0.29) is 6.61 Å². The molecular formula is C24H29N3O4S. The van der Waals surface area contributed by atoms with Crippen LogP contribution in [0.5, 0.6) is 11.5 Å². The van der Waals surface area contributed by atoms with Crippen LogP contribution in [0.3, 0.4) is 0 Å². The molecule has 0 aliphatic heterocycles. The molecule has 1 heterocycles. The van der Waals surface area contributed by atoms with E-state index in [9.17, 15) is 5.11 Å². The van der Waals surface area contributed by atoms with Crippen molar-refractivity contribution in [1.29, 1.82) is 0 Å². The highest BCUT2D eigenvalue weighted by Crippen LogP contribution is 2.29. The van der Waals surface area contributed by atoms with Gasteiger partial charge in [-0.25, -0.2) is 0 Å². The van der Waals surface area contributed by atoms with Crippen molar-refractivity contribution in [2.45, 2.75) is 24.7 Å². The average molecular weight is 456 g/mol. The topological polar surface area (TPSA) is 78.6 Å². The van der Waals surface area contributed by atoms with Crippen molar-refractivity contribution < 1.29 is 19.3 Å². The number of nitrogens with zero attached hydrogens (tertiary/aromatic N) is 3. The zero-order valence-corrected chi connectivity index (χ0v) is 19.4. The molecule has 1 atom stereocenters. The van der Waals surface area contributed by atoms with E-state index in [0.717, 1.165) is 22.1 Å². The highest BCUT2D eigenvalue weighted by molar-refractivity contribution is 7.99. The normalized spacial score (nSPS) is 12.2. The first-order valence-electron chi connectivity index (χ1n) is 10.4. The Morgan fingerprint density at radius 2 is 1.91 bits per heavy atom. The van der Waals surface area contributed by atoms with Crippen molar-refractivity contribution in [3.8, 4) is 22.9 Å². The largest absolute Gasteiger partial charge is 0.493 e. The van der Waals surface area contributed by atoms with Crippen LogP contribution in [0.15, 0.2) is 59.8 Å². The second kappa shape index (κ2) is 12.3. The number of aliphatic hydroxyl groups excluding tert-OH is 1. The molecule has 3 rings (SSSR count). The Kier molecular flexibility index (Phi) is 9.15. The van der Waals surface area contributed by atoms with Gasteiger partial charge in [-0.1, -0.05) is 60.3 Å². The molecule has 1 N–H and O–H groups in total. The van der Waals surface area contributed by atoms with E-state index in [1.165, 1.54) is 11.8 Å². The Balaban J connectivity index is 1.62. The van der Waals surface area contributed by atoms with Crippen LogP contribution < -0.4 is 9.47 Å². The standard InChI is InChI=1S/C24H29N3O4S/c1-4-8-18-11-12-21(22(15-18)30-3)31-16-20(28)17-32-24-26-25-23(27(24)13-14-29-2)19-9-6-5-7-10-19/h4-12,15,20,28H,13-14,16-17H2,1-3H3/b8-4+. The molecule has 0 saturated carbocycles. The zero-order chi connectivity index (χ0) is 22.8. The first kappa shape index (κ1) is 23.8. The number of rotatable bonds is 12. The number of thioether (sulfide) groups is 1. The summed E-state index contributed by atoms with van der Waals surface area (Å²) in [5, 5.41) is 19.9. The van der Waals surface area contributed by atoms with Crippen LogP contribution in [0.4, 0.5) is 0 Å². The minimum Gasteiger partial charge on any atom is -0.493 e. The Hall–Kier alpha value is -2.81. The molecule has 0 fully saturated rings. The molecule has 3 aromatic rings. The summed E-state index contributed by atoms with van der Waals surface area (Å²) in [6, 6.07) is 15.6. The van der Waals surface area contributed by atoms with Gasteiger partial charge in [0.05, 0.1) is 26.4 Å². The SMILES string of the molecule is C/C=C/c1ccc(OCC(O)CSc2nnc(-c3ccccc3)n2CCOC)c(OC)c1. The van der Waals surface area contributed by atoms with Gasteiger partial charge in [0.15, 0.2) is 22.5 Å². The quantitative estimate of drug-likeness (QED) is 0.411. The lowest BCUT2D eigenvalue weighted by atomic mass is 10.2. The summed E-state index contributed by atoms with van der Waals surface area (Å²) < 4.78 is 18.5. The lowest BCUT2D eigenvalue weighted by molar-refractivity contribution is 0.124. The van der Waals surface area contributed by atoms with Crippen molar-refractivity contribution in [3.63, 3.8) is 0 Å². The van der Waals surface area contributed by atoms with Gasteiger partial charge >= 0.3 is 0 Å². The monoisotopic (exact) mass is 455 g/mol. The fourth-order valence-electron chi connectivity index (χ4n) is 3.08. The summed E-state index contributed by atoms with van der Waals surface area (Å²) in [5.74, 6) is 2.42. The van der Waals surface area contributed by atoms with Crippen LogP contribution in [-0.2, 0) is 11.3 Å². The Morgan fingerprint density at radius 1 is 1.09 bits per heavy atom. The number of benzene rings is 2. The first-order chi connectivity index (χ1) is 15.7. The summed E-state index contributed by atoms with van der Waals surface area (Å²) in [6.45, 7) is 3.27. The number of ether oxygens (including phenoxy) is 3. The smallest absolute Gasteiger partial charge is 0.191 e. The molecule has 0 bridgehead atoms. The molecule has 8 heteroatoms. The molecule has 1 aromatic heterocycles. The van der Waals surface area contributed by atoms with Crippen LogP contribution in [0.25, 0.3) is 17.5 Å². The summed E-state index contributed by atoms with van der Waals surface area (Å²) in [7, 11) is 3.27. The molecule has 7 nitrogen and oxygen atoms in total. The Morgan fingerprint density at radius 3 is 2.62 bits per heavy atom. The lowest BCUT2D eigenvalue weighted by Gasteiger charge is -2.15. The van der Waals surface area contributed by atoms with Crippen molar-refractivity contribution in [3.05, 3.63) is 60.2 Å². The van der Waals surface area contributed by atoms with Crippen LogP contribution >= 0.6 is 11.8 Å². The maximum Gasteiger partial charge on any atom is 0.191 e. The fraction of sp³-hybridized carbons (Fsp3) is 0.333. The van der Waals surface area contributed by atoms with Gasteiger partial charge in [-0.3, -0.25) is 4.57 Å². The highest BCUT2D eigenvalue weighted by Gasteiger charge is 2.16. The number of allylic oxidation sites excluding steroid dienone is 1. The number of methoxy groups -OCH3 is 2. The van der Waals surface area contributed by atoms with Crippen molar-refractivity contribution in [2.24, 2.45) is 0 Å². The summed E-state index contributed by atoms with van der Waals surface area (Å²) in [5.41, 5.74) is 2.01. The molecule has 0 saturated heterocycles. The van der Waals surface area contributed by atoms with Gasteiger partial charge in [0, 0.05) is 18.4 Å². The molecule has 2 aromatic carbocycles. The van der Waals surface area contributed by atoms with E-state index in [2.05, 4.69) is 10.2 Å². The molecule has 32 heavy (non-hydrogen) atoms. The second-order valence-electron chi connectivity index (χ2n) is 7.00. The van der Waals surface area contributed by atoms with Gasteiger partial charge in [-0.05, 0) is 24.6 Å². The summed E-state index contributed by atoms with van der Waals surface area (Å²) >= 11 is 1.44. The van der Waals surface area contributed by atoms with Gasteiger partial charge < -0.3 is 19.3 Å². The van der Waals surface area contributed by atoms with Crippen molar-refractivity contribution in [1.82, 2.24) is 14.8 Å². The van der Waals surface area contributed by atoms with Crippen LogP contribution in [-0.4, -0.2) is 59.2 Å². The minimum absolute atomic E-state index is 0.143. The molecule has 0 aliphatic rings. The molecule has 0 spiro atoms. The van der Waals surface area contributed by atoms with E-state index in [1.807, 2.05) is 72.2 Å². The highest BCUT2D eigenvalue weighted by atomic mass is 32.2. The predicted octanol–water partition coefficient (Wildman–Crippen LogP) is 4.17. The van der Waals surface area contributed by atoms with Gasteiger partial charge in [0.25, 0.3) is 0 Å². The second-order valence-corrected chi connectivity index (χ2v) is 7.99. The maximum absolute atomic E-state index is 10.5. The van der Waals surface area contributed by atoms with Crippen LogP contribution in [0.1, 0.15) is 12.5 Å². The first-order valence-corrected chi connectivity index (χ1v) is 11.4. The number of aliphatic hydroxyl groups is 1. The van der Waals surface area contributed by atoms with E-state index in [4.69, 9.17) is 14.2 Å². The van der Waals surface area contributed by atoms with E-state index >= 15 is 0 Å². The molecule has 170 valence electrons. The van der Waals surface area contributed by atoms with Gasteiger partial charge in [-0.2, -0.15) is 0 Å². The van der Waals surface area contributed by atoms with Crippen molar-refractivity contribution >= 4 is 17.8 Å². The lowest BCUT2D eigenvalue weighted by Crippen LogP contribution is -2.20. The molecule has 0 radical (unpaired) electrons. The maximum atomic E-state index is 10.5. The van der Waals surface area contributed by atoms with E-state index in [0.29, 0.717) is 30.4 Å². The Bertz CT molecular complexity index is 1010. The van der Waals surface area contributed by atoms with Crippen LogP contribution in [0.2, 0.25) is 0 Å².